The zero-order chi connectivity index (χ0) is 37.6. The van der Waals surface area contributed by atoms with Crippen LogP contribution in [-0.4, -0.2) is 85.5 Å². The molecule has 2 aromatic heterocycles. The summed E-state index contributed by atoms with van der Waals surface area (Å²) >= 11 is 0. The summed E-state index contributed by atoms with van der Waals surface area (Å²) < 4.78 is 0. The molecule has 278 valence electrons. The molecule has 12 heteroatoms. The number of fused-ring (bicyclic) bond motifs is 2. The zero-order valence-corrected chi connectivity index (χ0v) is 30.3. The first-order valence-electron chi connectivity index (χ1n) is 18.6. The number of hydrogen-bond donors (Lipinski definition) is 5. The predicted molar refractivity (Wildman–Crippen MR) is 212 cm³/mol. The maximum Gasteiger partial charge on any atom is 0.249 e. The molecule has 54 heavy (non-hydrogen) atoms. The van der Waals surface area contributed by atoms with Gasteiger partial charge in [-0.15, -0.1) is 0 Å². The van der Waals surface area contributed by atoms with E-state index in [4.69, 9.17) is 15.7 Å². The minimum Gasteiger partial charge on any atom is -0.507 e. The molecule has 2 aliphatic rings. The molecule has 0 spiro atoms. The molecular weight excluding hydrogens is 681 g/mol. The van der Waals surface area contributed by atoms with Gasteiger partial charge >= 0.3 is 0 Å². The highest BCUT2D eigenvalue weighted by Crippen LogP contribution is 2.34. The van der Waals surface area contributed by atoms with Gasteiger partial charge in [-0.1, -0.05) is 55.5 Å². The second kappa shape index (κ2) is 16.4. The van der Waals surface area contributed by atoms with Crippen LogP contribution in [0.4, 0.5) is 11.6 Å². The van der Waals surface area contributed by atoms with Crippen LogP contribution in [-0.2, 0) is 4.79 Å². The average molecular weight is 727 g/mol. The van der Waals surface area contributed by atoms with E-state index >= 15 is 0 Å². The smallest absolute Gasteiger partial charge is 0.249 e. The van der Waals surface area contributed by atoms with Gasteiger partial charge in [-0.3, -0.25) is 4.79 Å². The lowest BCUT2D eigenvalue weighted by Gasteiger charge is -2.34. The number of nitrogens with one attached hydrogen (secondary N) is 1. The first kappa shape index (κ1) is 36.5. The number of phenols is 2. The highest BCUT2D eigenvalue weighted by molar-refractivity contribution is 5.92. The Hall–Kier alpha value is -5.85. The standard InChI is InChI=1S/C23H26N4O3.C19H20N4O/c1-2-19(28)23(30)24-15-11-13-27(14-12-15)22-16-7-3-5-9-18(16)25-21(26-22)17-8-4-6-10-20(17)29;20-13-9-11-23(12-10-13)19-14-5-1-3-7-16(14)21-18(22-19)15-6-2-4-8-17(15)24/h3-10,15,19,28-29H,2,11-14H2,1H3,(H,24,30);1-8,13,24H,9-12,20H2/t19-;/m0./s1. The van der Waals surface area contributed by atoms with Crippen LogP contribution in [0.25, 0.3) is 44.6 Å². The van der Waals surface area contributed by atoms with Crippen LogP contribution in [0, 0.1) is 0 Å². The van der Waals surface area contributed by atoms with E-state index in [9.17, 15) is 20.1 Å². The van der Waals surface area contributed by atoms with E-state index in [0.717, 1.165) is 85.3 Å². The Morgan fingerprint density at radius 3 is 1.57 bits per heavy atom. The molecule has 6 aromatic rings. The van der Waals surface area contributed by atoms with Crippen molar-refractivity contribution in [3.8, 4) is 34.3 Å². The molecule has 2 fully saturated rings. The molecule has 1 atom stereocenters. The number of aromatic nitrogens is 4. The lowest BCUT2D eigenvalue weighted by Crippen LogP contribution is -2.47. The molecule has 2 aliphatic heterocycles. The van der Waals surface area contributed by atoms with E-state index in [1.54, 1.807) is 31.2 Å². The Morgan fingerprint density at radius 2 is 1.11 bits per heavy atom. The molecule has 2 saturated heterocycles. The number of para-hydroxylation sites is 4. The maximum absolute atomic E-state index is 12.0. The molecular formula is C42H46N8O4. The summed E-state index contributed by atoms with van der Waals surface area (Å²) in [6.45, 7) is 5.03. The summed E-state index contributed by atoms with van der Waals surface area (Å²) in [5.74, 6) is 2.84. The average Bonchev–Trinajstić information content (AvgIpc) is 3.21. The van der Waals surface area contributed by atoms with E-state index in [-0.39, 0.29) is 29.5 Å². The number of hydrogen-bond acceptors (Lipinski definition) is 11. The summed E-state index contributed by atoms with van der Waals surface area (Å²) in [5, 5.41) is 35.1. The minimum atomic E-state index is -0.949. The number of nitrogens with zero attached hydrogens (tertiary/aromatic N) is 6. The van der Waals surface area contributed by atoms with Crippen molar-refractivity contribution in [2.75, 3.05) is 36.0 Å². The Bertz CT molecular complexity index is 2230. The molecule has 0 unspecified atom stereocenters. The molecule has 4 heterocycles. The third-order valence-corrected chi connectivity index (χ3v) is 10.1. The second-order valence-corrected chi connectivity index (χ2v) is 13.8. The third kappa shape index (κ3) is 8.04. The first-order valence-corrected chi connectivity index (χ1v) is 18.6. The van der Waals surface area contributed by atoms with Gasteiger partial charge in [0.25, 0.3) is 0 Å². The lowest BCUT2D eigenvalue weighted by atomic mass is 10.0. The van der Waals surface area contributed by atoms with Crippen LogP contribution >= 0.6 is 0 Å². The fourth-order valence-electron chi connectivity index (χ4n) is 7.00. The van der Waals surface area contributed by atoms with Gasteiger partial charge in [0.15, 0.2) is 11.6 Å². The van der Waals surface area contributed by atoms with Crippen molar-refractivity contribution in [2.24, 2.45) is 5.73 Å². The van der Waals surface area contributed by atoms with E-state index in [1.165, 1.54) is 0 Å². The van der Waals surface area contributed by atoms with Crippen molar-refractivity contribution in [3.63, 3.8) is 0 Å². The van der Waals surface area contributed by atoms with Gasteiger partial charge in [0.2, 0.25) is 5.91 Å². The molecule has 12 nitrogen and oxygen atoms in total. The number of anilines is 2. The highest BCUT2D eigenvalue weighted by Gasteiger charge is 2.26. The Kier molecular flexibility index (Phi) is 11.1. The van der Waals surface area contributed by atoms with Gasteiger partial charge in [-0.05, 0) is 80.6 Å². The van der Waals surface area contributed by atoms with Crippen LogP contribution < -0.4 is 20.9 Å². The molecule has 0 aliphatic carbocycles. The van der Waals surface area contributed by atoms with Gasteiger partial charge in [0.05, 0.1) is 22.2 Å². The molecule has 8 rings (SSSR count). The number of phenolic OH excluding ortho intramolecular Hbond substituents is 2. The van der Waals surface area contributed by atoms with Crippen molar-refractivity contribution in [3.05, 3.63) is 97.1 Å². The molecule has 4 aromatic carbocycles. The number of carbonyl (C=O) groups is 1. The Morgan fingerprint density at radius 1 is 0.685 bits per heavy atom. The van der Waals surface area contributed by atoms with Crippen molar-refractivity contribution >= 4 is 39.3 Å². The largest absolute Gasteiger partial charge is 0.507 e. The number of carbonyl (C=O) groups excluding carboxylic acids is 1. The first-order chi connectivity index (χ1) is 26.3. The lowest BCUT2D eigenvalue weighted by molar-refractivity contribution is -0.130. The normalized spacial score (nSPS) is 15.8. The fraction of sp³-hybridized carbons (Fsp3) is 0.310. The number of aliphatic hydroxyl groups is 1. The maximum atomic E-state index is 12.0. The summed E-state index contributed by atoms with van der Waals surface area (Å²) in [6, 6.07) is 30.4. The topological polar surface area (TPSA) is 174 Å². The molecule has 6 N–H and O–H groups in total. The number of rotatable bonds is 7. The number of piperidine rings is 2. The van der Waals surface area contributed by atoms with Crippen LogP contribution in [0.3, 0.4) is 0 Å². The van der Waals surface area contributed by atoms with E-state index in [2.05, 4.69) is 25.1 Å². The van der Waals surface area contributed by atoms with Crippen molar-refractivity contribution < 1.29 is 20.1 Å². The Labute approximate surface area is 314 Å². The molecule has 0 radical (unpaired) electrons. The van der Waals surface area contributed by atoms with Gasteiger partial charge in [-0.25, -0.2) is 19.9 Å². The third-order valence-electron chi connectivity index (χ3n) is 10.1. The predicted octanol–water partition coefficient (Wildman–Crippen LogP) is 5.79. The summed E-state index contributed by atoms with van der Waals surface area (Å²) in [4.78, 5) is 35.4. The number of amides is 1. The number of aliphatic hydroxyl groups excluding tert-OH is 1. The van der Waals surface area contributed by atoms with Crippen LogP contribution in [0.15, 0.2) is 97.1 Å². The zero-order valence-electron chi connectivity index (χ0n) is 30.3. The summed E-state index contributed by atoms with van der Waals surface area (Å²) in [7, 11) is 0. The minimum absolute atomic E-state index is 0.0423. The highest BCUT2D eigenvalue weighted by atomic mass is 16.3. The van der Waals surface area contributed by atoms with Crippen molar-refractivity contribution in [2.45, 2.75) is 57.2 Å². The van der Waals surface area contributed by atoms with Crippen molar-refractivity contribution in [1.29, 1.82) is 0 Å². The van der Waals surface area contributed by atoms with E-state index in [0.29, 0.717) is 29.2 Å². The van der Waals surface area contributed by atoms with Gasteiger partial charge < -0.3 is 36.2 Å². The number of benzene rings is 4. The SMILES string of the molecule is CC[C@H](O)C(=O)NC1CCN(c2nc(-c3ccccc3O)nc3ccccc23)CC1.NC1CCN(c2nc(-c3ccccc3O)nc3ccccc23)CC1. The van der Waals surface area contributed by atoms with Gasteiger partial charge in [-0.2, -0.15) is 0 Å². The molecule has 0 bridgehead atoms. The fourth-order valence-corrected chi connectivity index (χ4v) is 7.00. The Balaban J connectivity index is 0.000000171. The van der Waals surface area contributed by atoms with Crippen LogP contribution in [0.1, 0.15) is 39.0 Å². The van der Waals surface area contributed by atoms with Gasteiger partial charge in [0, 0.05) is 49.0 Å². The van der Waals surface area contributed by atoms with E-state index < -0.39 is 6.10 Å². The van der Waals surface area contributed by atoms with Crippen LogP contribution in [0.5, 0.6) is 11.5 Å². The van der Waals surface area contributed by atoms with Crippen molar-refractivity contribution in [1.82, 2.24) is 25.3 Å². The van der Waals surface area contributed by atoms with Gasteiger partial charge in [0.1, 0.15) is 29.2 Å². The molecule has 0 saturated carbocycles. The quantitative estimate of drug-likeness (QED) is 0.135. The summed E-state index contributed by atoms with van der Waals surface area (Å²) in [6.07, 6.45) is 2.93. The summed E-state index contributed by atoms with van der Waals surface area (Å²) in [5.41, 5.74) is 8.99. The number of aromatic hydroxyl groups is 2. The van der Waals surface area contributed by atoms with Crippen LogP contribution in [0.2, 0.25) is 0 Å². The van der Waals surface area contributed by atoms with E-state index in [1.807, 2.05) is 72.8 Å². The second-order valence-electron chi connectivity index (χ2n) is 13.8. The monoisotopic (exact) mass is 726 g/mol. The molecule has 1 amide bonds. The number of nitrogens with two attached hydrogens (primary N) is 1.